The zero-order chi connectivity index (χ0) is 19.6. The van der Waals surface area contributed by atoms with E-state index in [1.54, 1.807) is 37.3 Å². The Labute approximate surface area is 214 Å². The molecule has 2 N–H and O–H groups in total. The molecule has 0 aliphatic heterocycles. The summed E-state index contributed by atoms with van der Waals surface area (Å²) in [4.78, 5) is 10.3. The van der Waals surface area contributed by atoms with Crippen molar-refractivity contribution in [3.05, 3.63) is 54.1 Å². The molecule has 0 aliphatic rings. The van der Waals surface area contributed by atoms with Crippen LogP contribution in [0.5, 0.6) is 11.5 Å². The van der Waals surface area contributed by atoms with Crippen LogP contribution < -0.4 is 63.9 Å². The van der Waals surface area contributed by atoms with Gasteiger partial charge in [-0.05, 0) is 36.1 Å². The van der Waals surface area contributed by atoms with Gasteiger partial charge >= 0.3 is 59.1 Å². The topological polar surface area (TPSA) is 126 Å². The van der Waals surface area contributed by atoms with Gasteiger partial charge in [0, 0.05) is 5.39 Å². The number of ether oxygens (including phenoxy) is 1. The number of aromatic hydroxyl groups is 1. The SMILES string of the molecule is Cc1ccc(N=Nc2c(O)c(OC=O)cc3ccccc23)c(S(=O)(=O)O)c1.[H-].[H-].[Na+].[Na+]. The van der Waals surface area contributed by atoms with Gasteiger partial charge in [-0.3, -0.25) is 9.35 Å². The Morgan fingerprint density at radius 3 is 2.41 bits per heavy atom. The third kappa shape index (κ3) is 5.87. The first-order valence-corrected chi connectivity index (χ1v) is 9.10. The minimum Gasteiger partial charge on any atom is -1.00 e. The molecule has 3 aromatic rings. The van der Waals surface area contributed by atoms with Crippen molar-refractivity contribution >= 4 is 38.7 Å². The number of azo groups is 1. The van der Waals surface area contributed by atoms with E-state index in [0.29, 0.717) is 16.3 Å². The van der Waals surface area contributed by atoms with Gasteiger partial charge in [-0.2, -0.15) is 8.42 Å². The molecule has 3 rings (SSSR count). The van der Waals surface area contributed by atoms with Crippen molar-refractivity contribution in [1.29, 1.82) is 0 Å². The van der Waals surface area contributed by atoms with Gasteiger partial charge in [0.1, 0.15) is 16.3 Å². The second-order valence-corrected chi connectivity index (χ2v) is 7.04. The smallest absolute Gasteiger partial charge is 1.00 e. The van der Waals surface area contributed by atoms with E-state index < -0.39 is 20.8 Å². The summed E-state index contributed by atoms with van der Waals surface area (Å²) in [5, 5.41) is 19.3. The second kappa shape index (κ2) is 10.6. The van der Waals surface area contributed by atoms with Gasteiger partial charge in [0.15, 0.2) is 11.5 Å². The molecule has 0 radical (unpaired) electrons. The van der Waals surface area contributed by atoms with E-state index in [9.17, 15) is 22.9 Å². The molecule has 29 heavy (non-hydrogen) atoms. The first-order valence-electron chi connectivity index (χ1n) is 7.66. The molecule has 0 aliphatic carbocycles. The minimum absolute atomic E-state index is 0. The molecule has 0 aromatic heterocycles. The van der Waals surface area contributed by atoms with Crippen molar-refractivity contribution in [2.45, 2.75) is 11.8 Å². The third-order valence-electron chi connectivity index (χ3n) is 3.79. The number of aryl methyl sites for hydroxylation is 1. The Hall–Kier alpha value is -1.30. The number of hydrogen-bond donors (Lipinski definition) is 2. The molecule has 0 heterocycles. The van der Waals surface area contributed by atoms with Crippen LogP contribution in [0.15, 0.2) is 63.7 Å². The second-order valence-electron chi connectivity index (χ2n) is 5.65. The van der Waals surface area contributed by atoms with Crippen LogP contribution in [0, 0.1) is 6.92 Å². The monoisotopic (exact) mass is 434 g/mol. The fourth-order valence-corrected chi connectivity index (χ4v) is 3.26. The predicted octanol–water partition coefficient (Wildman–Crippen LogP) is -1.72. The van der Waals surface area contributed by atoms with Crippen molar-refractivity contribution in [3.8, 4) is 11.5 Å². The number of phenols is 1. The van der Waals surface area contributed by atoms with E-state index in [0.717, 1.165) is 0 Å². The largest absolute Gasteiger partial charge is 1.00 e. The van der Waals surface area contributed by atoms with Crippen LogP contribution in [0.4, 0.5) is 11.4 Å². The summed E-state index contributed by atoms with van der Waals surface area (Å²) in [6, 6.07) is 12.6. The van der Waals surface area contributed by atoms with E-state index in [4.69, 9.17) is 4.74 Å². The molecule has 0 saturated carbocycles. The molecule has 0 bridgehead atoms. The Morgan fingerprint density at radius 2 is 1.76 bits per heavy atom. The maximum absolute atomic E-state index is 11.6. The Kier molecular flexibility index (Phi) is 9.45. The maximum atomic E-state index is 11.6. The van der Waals surface area contributed by atoms with E-state index in [1.165, 1.54) is 18.2 Å². The molecule has 0 atom stereocenters. The van der Waals surface area contributed by atoms with Crippen LogP contribution in [-0.2, 0) is 14.9 Å². The van der Waals surface area contributed by atoms with Crippen LogP contribution >= 0.6 is 0 Å². The van der Waals surface area contributed by atoms with E-state index >= 15 is 0 Å². The molecule has 0 unspecified atom stereocenters. The molecule has 3 aromatic carbocycles. The van der Waals surface area contributed by atoms with Crippen LogP contribution in [0.25, 0.3) is 10.8 Å². The molecule has 11 heteroatoms. The number of carbonyl (C=O) groups excluding carboxylic acids is 1. The molecule has 0 saturated heterocycles. The Bertz CT molecular complexity index is 1190. The summed E-state index contributed by atoms with van der Waals surface area (Å²) >= 11 is 0. The number of carbonyl (C=O) groups is 1. The summed E-state index contributed by atoms with van der Waals surface area (Å²) in [5.74, 6) is -0.540. The zero-order valence-electron chi connectivity index (χ0n) is 18.0. The van der Waals surface area contributed by atoms with E-state index in [-0.39, 0.29) is 85.6 Å². The number of phenolic OH excluding ortho intramolecular Hbond substituents is 1. The van der Waals surface area contributed by atoms with E-state index in [1.807, 2.05) is 0 Å². The standard InChI is InChI=1S/C18H14N2O6S.2Na.2H/c1-11-6-7-14(16(8-11)27(23,24)25)19-20-17-13-5-3-2-4-12(13)9-15(18(17)22)26-10-21;;;;/h2-10,22H,1H3,(H,23,24,25);;;;/q;2*+1;2*-1. The summed E-state index contributed by atoms with van der Waals surface area (Å²) in [6.07, 6.45) is 0. The van der Waals surface area contributed by atoms with Crippen molar-refractivity contribution in [2.75, 3.05) is 0 Å². The van der Waals surface area contributed by atoms with Crippen LogP contribution in [0.2, 0.25) is 0 Å². The third-order valence-corrected chi connectivity index (χ3v) is 4.67. The fraction of sp³-hybridized carbons (Fsp3) is 0.0556. The Morgan fingerprint density at radius 1 is 1.07 bits per heavy atom. The Balaban J connectivity index is 0. The first-order chi connectivity index (χ1) is 12.8. The maximum Gasteiger partial charge on any atom is 1.00 e. The summed E-state index contributed by atoms with van der Waals surface area (Å²) in [6.45, 7) is 1.83. The summed E-state index contributed by atoms with van der Waals surface area (Å²) in [7, 11) is -4.52. The van der Waals surface area contributed by atoms with Gasteiger partial charge in [0.25, 0.3) is 16.6 Å². The first kappa shape index (κ1) is 25.7. The predicted molar refractivity (Wildman–Crippen MR) is 99.7 cm³/mol. The number of nitrogens with zero attached hydrogens (tertiary/aromatic N) is 2. The average Bonchev–Trinajstić information content (AvgIpc) is 2.62. The van der Waals surface area contributed by atoms with Gasteiger partial charge in [-0.25, -0.2) is 0 Å². The molecule has 0 fully saturated rings. The zero-order valence-corrected chi connectivity index (χ0v) is 20.8. The van der Waals surface area contributed by atoms with Crippen LogP contribution in [0.1, 0.15) is 8.42 Å². The molecule has 0 spiro atoms. The molecule has 8 nitrogen and oxygen atoms in total. The minimum atomic E-state index is -4.52. The van der Waals surface area contributed by atoms with Gasteiger partial charge in [0.2, 0.25) is 0 Å². The normalized spacial score (nSPS) is 11.0. The summed E-state index contributed by atoms with van der Waals surface area (Å²) < 4.78 is 37.3. The van der Waals surface area contributed by atoms with Gasteiger partial charge in [0.05, 0.1) is 0 Å². The van der Waals surface area contributed by atoms with Gasteiger partial charge < -0.3 is 12.7 Å². The fourth-order valence-electron chi connectivity index (χ4n) is 2.55. The number of benzene rings is 3. The van der Waals surface area contributed by atoms with Crippen molar-refractivity contribution in [2.24, 2.45) is 10.2 Å². The average molecular weight is 434 g/mol. The molecule has 142 valence electrons. The van der Waals surface area contributed by atoms with Crippen molar-refractivity contribution in [3.63, 3.8) is 0 Å². The molecular formula is C18H16N2Na2O6S. The number of hydrogen-bond acceptors (Lipinski definition) is 7. The number of rotatable bonds is 5. The quantitative estimate of drug-likeness (QED) is 0.213. The van der Waals surface area contributed by atoms with Gasteiger partial charge in [-0.1, -0.05) is 30.3 Å². The van der Waals surface area contributed by atoms with Crippen LogP contribution in [0.3, 0.4) is 0 Å². The van der Waals surface area contributed by atoms with Gasteiger partial charge in [-0.15, -0.1) is 10.2 Å². The molecular weight excluding hydrogens is 418 g/mol. The van der Waals surface area contributed by atoms with Crippen LogP contribution in [-0.4, -0.2) is 24.5 Å². The number of fused-ring (bicyclic) bond motifs is 1. The molecule has 0 amide bonds. The summed E-state index contributed by atoms with van der Waals surface area (Å²) in [5.41, 5.74) is 0.497. The van der Waals surface area contributed by atoms with Crippen molar-refractivity contribution < 1.29 is 89.6 Å². The van der Waals surface area contributed by atoms with E-state index in [2.05, 4.69) is 10.2 Å². The van der Waals surface area contributed by atoms with Crippen molar-refractivity contribution in [1.82, 2.24) is 0 Å².